The van der Waals surface area contributed by atoms with Crippen molar-refractivity contribution in [3.05, 3.63) is 42.2 Å². The minimum Gasteiger partial charge on any atom is -0.487 e. The number of aliphatic carboxylic acids is 1. The van der Waals surface area contributed by atoms with E-state index in [4.69, 9.17) is 14.6 Å². The van der Waals surface area contributed by atoms with Gasteiger partial charge in [0.2, 0.25) is 0 Å². The topological polar surface area (TPSA) is 103 Å². The first kappa shape index (κ1) is 17.5. The van der Waals surface area contributed by atoms with E-state index in [0.29, 0.717) is 12.4 Å². The molecule has 0 bridgehead atoms. The molecule has 0 fully saturated rings. The van der Waals surface area contributed by atoms with E-state index in [9.17, 15) is 9.59 Å². The standard InChI is InChI=1S/C16H19N3O5/c1-23-9-10-24-13-11-19(12-5-3-2-4-6-12)18-15(13)16(22)17-8-7-14(20)21/h2-6,11H,7-10H2,1H3,(H,17,22)(H,20,21). The lowest BCUT2D eigenvalue weighted by atomic mass is 10.3. The highest BCUT2D eigenvalue weighted by molar-refractivity contribution is 5.95. The third-order valence-corrected chi connectivity index (χ3v) is 3.09. The van der Waals surface area contributed by atoms with Gasteiger partial charge in [-0.2, -0.15) is 5.10 Å². The molecule has 0 aliphatic heterocycles. The first-order chi connectivity index (χ1) is 11.6. The summed E-state index contributed by atoms with van der Waals surface area (Å²) >= 11 is 0. The van der Waals surface area contributed by atoms with Crippen molar-refractivity contribution in [1.29, 1.82) is 0 Å². The molecule has 24 heavy (non-hydrogen) atoms. The molecule has 8 heteroatoms. The predicted molar refractivity (Wildman–Crippen MR) is 85.5 cm³/mol. The van der Waals surface area contributed by atoms with Crippen LogP contribution in [0.3, 0.4) is 0 Å². The van der Waals surface area contributed by atoms with Crippen LogP contribution < -0.4 is 10.1 Å². The van der Waals surface area contributed by atoms with Gasteiger partial charge in [0.15, 0.2) is 11.4 Å². The van der Waals surface area contributed by atoms with E-state index in [1.807, 2.05) is 30.3 Å². The van der Waals surface area contributed by atoms with Gasteiger partial charge in [-0.15, -0.1) is 0 Å². The van der Waals surface area contributed by atoms with Gasteiger partial charge < -0.3 is 19.9 Å². The highest BCUT2D eigenvalue weighted by atomic mass is 16.5. The molecule has 0 aliphatic rings. The number of para-hydroxylation sites is 1. The van der Waals surface area contributed by atoms with Crippen molar-refractivity contribution >= 4 is 11.9 Å². The molecule has 0 unspecified atom stereocenters. The Hall–Kier alpha value is -2.87. The molecule has 0 spiro atoms. The number of nitrogens with zero attached hydrogens (tertiary/aromatic N) is 2. The van der Waals surface area contributed by atoms with Crippen molar-refractivity contribution in [2.24, 2.45) is 0 Å². The molecule has 0 radical (unpaired) electrons. The SMILES string of the molecule is COCCOc1cn(-c2ccccc2)nc1C(=O)NCCC(=O)O. The monoisotopic (exact) mass is 333 g/mol. The zero-order valence-electron chi connectivity index (χ0n) is 13.3. The van der Waals surface area contributed by atoms with E-state index in [1.54, 1.807) is 13.3 Å². The first-order valence-electron chi connectivity index (χ1n) is 7.38. The molecule has 2 N–H and O–H groups in total. The van der Waals surface area contributed by atoms with Crippen LogP contribution in [0.1, 0.15) is 16.9 Å². The summed E-state index contributed by atoms with van der Waals surface area (Å²) in [5, 5.41) is 15.4. The smallest absolute Gasteiger partial charge is 0.305 e. The minimum absolute atomic E-state index is 0.0177. The summed E-state index contributed by atoms with van der Waals surface area (Å²) in [5.74, 6) is -1.16. The second-order valence-electron chi connectivity index (χ2n) is 4.86. The van der Waals surface area contributed by atoms with Crippen molar-refractivity contribution < 1.29 is 24.2 Å². The zero-order chi connectivity index (χ0) is 17.4. The number of nitrogens with one attached hydrogen (secondary N) is 1. The van der Waals surface area contributed by atoms with E-state index < -0.39 is 11.9 Å². The summed E-state index contributed by atoms with van der Waals surface area (Å²) < 4.78 is 12.0. The average molecular weight is 333 g/mol. The van der Waals surface area contributed by atoms with E-state index in [2.05, 4.69) is 10.4 Å². The van der Waals surface area contributed by atoms with Gasteiger partial charge in [-0.1, -0.05) is 18.2 Å². The zero-order valence-corrected chi connectivity index (χ0v) is 13.3. The van der Waals surface area contributed by atoms with Gasteiger partial charge in [0.25, 0.3) is 5.91 Å². The molecule has 0 saturated heterocycles. The molecule has 1 heterocycles. The summed E-state index contributed by atoms with van der Waals surface area (Å²) in [5.41, 5.74) is 0.874. The number of carboxylic acid groups (broad SMARTS) is 1. The van der Waals surface area contributed by atoms with E-state index in [0.717, 1.165) is 5.69 Å². The number of hydrogen-bond acceptors (Lipinski definition) is 5. The number of hydrogen-bond donors (Lipinski definition) is 2. The van der Waals surface area contributed by atoms with Crippen LogP contribution in [0.15, 0.2) is 36.5 Å². The predicted octanol–water partition coefficient (Wildman–Crippen LogP) is 1.10. The number of rotatable bonds is 9. The molecule has 2 rings (SSSR count). The quantitative estimate of drug-likeness (QED) is 0.666. The molecular weight excluding hydrogens is 314 g/mol. The summed E-state index contributed by atoms with van der Waals surface area (Å²) in [7, 11) is 1.55. The highest BCUT2D eigenvalue weighted by Crippen LogP contribution is 2.20. The molecule has 2 aromatic rings. The Morgan fingerprint density at radius 2 is 2.00 bits per heavy atom. The fourth-order valence-corrected chi connectivity index (χ4v) is 1.94. The number of benzene rings is 1. The lowest BCUT2D eigenvalue weighted by Crippen LogP contribution is -2.27. The fraction of sp³-hybridized carbons (Fsp3) is 0.312. The lowest BCUT2D eigenvalue weighted by molar-refractivity contribution is -0.136. The van der Waals surface area contributed by atoms with Crippen LogP contribution in [-0.4, -0.2) is 53.6 Å². The van der Waals surface area contributed by atoms with E-state index >= 15 is 0 Å². The molecule has 8 nitrogen and oxygen atoms in total. The summed E-state index contributed by atoms with van der Waals surface area (Å²) in [6.07, 6.45) is 1.45. The van der Waals surface area contributed by atoms with Crippen LogP contribution in [0.25, 0.3) is 5.69 Å². The lowest BCUT2D eigenvalue weighted by Gasteiger charge is -2.05. The maximum Gasteiger partial charge on any atom is 0.305 e. The molecule has 1 aromatic carbocycles. The molecule has 0 atom stereocenters. The van der Waals surface area contributed by atoms with Crippen molar-refractivity contribution in [1.82, 2.24) is 15.1 Å². The summed E-state index contributed by atoms with van der Waals surface area (Å²) in [6, 6.07) is 9.28. The number of amides is 1. The summed E-state index contributed by atoms with van der Waals surface area (Å²) in [6.45, 7) is 0.660. The van der Waals surface area contributed by atoms with Crippen molar-refractivity contribution in [2.75, 3.05) is 26.9 Å². The van der Waals surface area contributed by atoms with E-state index in [1.165, 1.54) is 4.68 Å². The Labute approximate surface area is 139 Å². The average Bonchev–Trinajstić information content (AvgIpc) is 3.00. The van der Waals surface area contributed by atoms with E-state index in [-0.39, 0.29) is 25.3 Å². The van der Waals surface area contributed by atoms with Crippen LogP contribution >= 0.6 is 0 Å². The Bertz CT molecular complexity index is 684. The Morgan fingerprint density at radius 3 is 2.67 bits per heavy atom. The van der Waals surface area contributed by atoms with Crippen LogP contribution in [0, 0.1) is 0 Å². The number of aromatic nitrogens is 2. The normalized spacial score (nSPS) is 10.4. The molecule has 0 saturated carbocycles. The van der Waals surface area contributed by atoms with Gasteiger partial charge in [-0.25, -0.2) is 4.68 Å². The highest BCUT2D eigenvalue weighted by Gasteiger charge is 2.19. The number of carbonyl (C=O) groups excluding carboxylic acids is 1. The molecule has 128 valence electrons. The second kappa shape index (κ2) is 8.68. The summed E-state index contributed by atoms with van der Waals surface area (Å²) in [4.78, 5) is 22.8. The maximum absolute atomic E-state index is 12.2. The maximum atomic E-state index is 12.2. The van der Waals surface area contributed by atoms with Crippen LogP contribution in [0.2, 0.25) is 0 Å². The Morgan fingerprint density at radius 1 is 1.25 bits per heavy atom. The molecule has 0 aliphatic carbocycles. The van der Waals surface area contributed by atoms with Gasteiger partial charge in [-0.3, -0.25) is 9.59 Å². The van der Waals surface area contributed by atoms with Crippen LogP contribution in [-0.2, 0) is 9.53 Å². The third-order valence-electron chi connectivity index (χ3n) is 3.09. The van der Waals surface area contributed by atoms with Gasteiger partial charge in [0, 0.05) is 13.7 Å². The van der Waals surface area contributed by atoms with Gasteiger partial charge >= 0.3 is 5.97 Å². The molecule has 1 amide bonds. The number of carbonyl (C=O) groups is 2. The van der Waals surface area contributed by atoms with Crippen molar-refractivity contribution in [2.45, 2.75) is 6.42 Å². The fourth-order valence-electron chi connectivity index (χ4n) is 1.94. The largest absolute Gasteiger partial charge is 0.487 e. The Kier molecular flexibility index (Phi) is 6.32. The number of methoxy groups -OCH3 is 1. The minimum atomic E-state index is -0.985. The third kappa shape index (κ3) is 4.82. The number of carboxylic acids is 1. The second-order valence-corrected chi connectivity index (χ2v) is 4.86. The van der Waals surface area contributed by atoms with Gasteiger partial charge in [0.05, 0.1) is 24.9 Å². The molecular formula is C16H19N3O5. The van der Waals surface area contributed by atoms with Crippen LogP contribution in [0.5, 0.6) is 5.75 Å². The first-order valence-corrected chi connectivity index (χ1v) is 7.38. The Balaban J connectivity index is 2.18. The van der Waals surface area contributed by atoms with Gasteiger partial charge in [-0.05, 0) is 12.1 Å². The van der Waals surface area contributed by atoms with Crippen LogP contribution in [0.4, 0.5) is 0 Å². The van der Waals surface area contributed by atoms with Crippen molar-refractivity contribution in [3.63, 3.8) is 0 Å². The molecule has 1 aromatic heterocycles. The van der Waals surface area contributed by atoms with Crippen molar-refractivity contribution in [3.8, 4) is 11.4 Å². The van der Waals surface area contributed by atoms with Gasteiger partial charge in [0.1, 0.15) is 6.61 Å². The number of ether oxygens (including phenoxy) is 2.